The molecule has 0 N–H and O–H groups in total. The van der Waals surface area contributed by atoms with Crippen molar-refractivity contribution in [2.24, 2.45) is 10.8 Å². The van der Waals surface area contributed by atoms with Gasteiger partial charge < -0.3 is 0 Å². The molecule has 0 aromatic heterocycles. The van der Waals surface area contributed by atoms with Crippen LogP contribution >= 0.6 is 0 Å². The Morgan fingerprint density at radius 2 is 1.12 bits per heavy atom. The van der Waals surface area contributed by atoms with E-state index in [0.717, 1.165) is 6.42 Å². The van der Waals surface area contributed by atoms with Crippen molar-refractivity contribution in [1.82, 2.24) is 0 Å². The monoisotopic (exact) mass is 538 g/mol. The van der Waals surface area contributed by atoms with Gasteiger partial charge in [-0.2, -0.15) is 0 Å². The fourth-order valence-corrected chi connectivity index (χ4v) is 6.15. The van der Waals surface area contributed by atoms with Crippen molar-refractivity contribution < 1.29 is 0 Å². The largest absolute Gasteiger partial charge is 0.0736 e. The minimum Gasteiger partial charge on any atom is -0.0736 e. The van der Waals surface area contributed by atoms with Crippen LogP contribution in [0.4, 0.5) is 0 Å². The second kappa shape index (κ2) is 16.0. The van der Waals surface area contributed by atoms with E-state index in [0.29, 0.717) is 10.8 Å². The van der Waals surface area contributed by atoms with Gasteiger partial charge in [-0.25, -0.2) is 0 Å². The molecule has 0 aromatic carbocycles. The Bertz CT molecular complexity index is 1170. The predicted molar refractivity (Wildman–Crippen MR) is 181 cm³/mol. The SMILES string of the molecule is CC1=C(/C=C/C(C)=C/C=C/C(C)=C/C=C/C=C(C)/C=C/C=C(/C)CCC2=C(C)CCCC2(C)C)C(C)(C)CCC1. The van der Waals surface area contributed by atoms with Crippen molar-refractivity contribution in [2.75, 3.05) is 0 Å². The van der Waals surface area contributed by atoms with Crippen molar-refractivity contribution >= 4 is 0 Å². The molecule has 2 aliphatic carbocycles. The molecule has 0 radical (unpaired) electrons. The van der Waals surface area contributed by atoms with Crippen LogP contribution in [-0.4, -0.2) is 0 Å². The van der Waals surface area contributed by atoms with Crippen molar-refractivity contribution in [1.29, 1.82) is 0 Å². The van der Waals surface area contributed by atoms with Crippen molar-refractivity contribution in [2.45, 2.75) is 121 Å². The first kappa shape index (κ1) is 33.6. The summed E-state index contributed by atoms with van der Waals surface area (Å²) in [5, 5.41) is 0. The number of rotatable bonds is 11. The molecule has 2 rings (SSSR count). The predicted octanol–water partition coefficient (Wildman–Crippen LogP) is 12.8. The zero-order chi connectivity index (χ0) is 29.8. The van der Waals surface area contributed by atoms with Crippen LogP contribution < -0.4 is 0 Å². The van der Waals surface area contributed by atoms with E-state index in [4.69, 9.17) is 0 Å². The second-order valence-corrected chi connectivity index (χ2v) is 13.6. The van der Waals surface area contributed by atoms with E-state index in [1.807, 2.05) is 0 Å². The molecule has 0 bridgehead atoms. The zero-order valence-corrected chi connectivity index (χ0v) is 27.6. The van der Waals surface area contributed by atoms with Gasteiger partial charge in [0.2, 0.25) is 0 Å². The van der Waals surface area contributed by atoms with Gasteiger partial charge in [0.05, 0.1) is 0 Å². The van der Waals surface area contributed by atoms with Gasteiger partial charge in [0.15, 0.2) is 0 Å². The summed E-state index contributed by atoms with van der Waals surface area (Å²) in [6.07, 6.45) is 36.5. The highest BCUT2D eigenvalue weighted by Crippen LogP contribution is 2.43. The van der Waals surface area contributed by atoms with E-state index in [2.05, 4.69) is 142 Å². The number of hydrogen-bond acceptors (Lipinski definition) is 0. The maximum absolute atomic E-state index is 2.42. The summed E-state index contributed by atoms with van der Waals surface area (Å²) in [5.41, 5.74) is 12.3. The molecule has 0 aliphatic heterocycles. The Labute approximate surface area is 248 Å². The highest BCUT2D eigenvalue weighted by atomic mass is 14.3. The van der Waals surface area contributed by atoms with Crippen LogP contribution in [0, 0.1) is 10.8 Å². The summed E-state index contributed by atoms with van der Waals surface area (Å²) < 4.78 is 0. The van der Waals surface area contributed by atoms with Gasteiger partial charge in [0, 0.05) is 0 Å². The molecular formula is C40H58. The molecule has 0 unspecified atom stereocenters. The van der Waals surface area contributed by atoms with Crippen LogP contribution in [0.2, 0.25) is 0 Å². The fourth-order valence-electron chi connectivity index (χ4n) is 6.15. The second-order valence-electron chi connectivity index (χ2n) is 13.6. The van der Waals surface area contributed by atoms with Gasteiger partial charge >= 0.3 is 0 Å². The molecule has 218 valence electrons. The van der Waals surface area contributed by atoms with Gasteiger partial charge in [0.25, 0.3) is 0 Å². The van der Waals surface area contributed by atoms with Crippen LogP contribution in [-0.2, 0) is 0 Å². The van der Waals surface area contributed by atoms with Crippen LogP contribution in [0.1, 0.15) is 121 Å². The molecule has 0 saturated heterocycles. The van der Waals surface area contributed by atoms with Crippen molar-refractivity contribution in [3.8, 4) is 0 Å². The quantitative estimate of drug-likeness (QED) is 0.181. The molecule has 0 heterocycles. The van der Waals surface area contributed by atoms with E-state index in [-0.39, 0.29) is 0 Å². The lowest BCUT2D eigenvalue weighted by molar-refractivity contribution is 0.354. The van der Waals surface area contributed by atoms with Gasteiger partial charge in [-0.05, 0) is 109 Å². The summed E-state index contributed by atoms with van der Waals surface area (Å²) in [6, 6.07) is 0. The van der Waals surface area contributed by atoms with E-state index < -0.39 is 0 Å². The molecule has 0 heteroatoms. The average Bonchev–Trinajstić information content (AvgIpc) is 2.85. The molecule has 0 fully saturated rings. The molecule has 0 saturated carbocycles. The molecule has 0 aromatic rings. The first-order valence-corrected chi connectivity index (χ1v) is 15.6. The lowest BCUT2D eigenvalue weighted by Crippen LogP contribution is -2.20. The first-order valence-electron chi connectivity index (χ1n) is 15.6. The Balaban J connectivity index is 1.84. The Morgan fingerprint density at radius 1 is 0.625 bits per heavy atom. The zero-order valence-electron chi connectivity index (χ0n) is 27.6. The Kier molecular flexibility index (Phi) is 13.4. The number of allylic oxidation sites excluding steroid dienone is 20. The average molecular weight is 539 g/mol. The Morgan fingerprint density at radius 3 is 1.70 bits per heavy atom. The lowest BCUT2D eigenvalue weighted by Gasteiger charge is -2.34. The third-order valence-corrected chi connectivity index (χ3v) is 8.80. The molecular weight excluding hydrogens is 480 g/mol. The molecule has 0 atom stereocenters. The van der Waals surface area contributed by atoms with Crippen LogP contribution in [0.5, 0.6) is 0 Å². The van der Waals surface area contributed by atoms with E-state index in [9.17, 15) is 0 Å². The molecule has 0 nitrogen and oxygen atoms in total. The normalized spacial score (nSPS) is 21.8. The highest BCUT2D eigenvalue weighted by molar-refractivity contribution is 5.37. The molecule has 2 aliphatic rings. The van der Waals surface area contributed by atoms with E-state index >= 15 is 0 Å². The summed E-state index contributed by atoms with van der Waals surface area (Å²) in [7, 11) is 0. The van der Waals surface area contributed by atoms with Crippen molar-refractivity contribution in [3.63, 3.8) is 0 Å². The first-order chi connectivity index (χ1) is 18.8. The third kappa shape index (κ3) is 11.5. The maximum Gasteiger partial charge on any atom is -0.0104 e. The molecule has 0 amide bonds. The summed E-state index contributed by atoms with van der Waals surface area (Å²) in [4.78, 5) is 0. The van der Waals surface area contributed by atoms with E-state index in [1.165, 1.54) is 72.8 Å². The minimum absolute atomic E-state index is 0.294. The molecule has 40 heavy (non-hydrogen) atoms. The van der Waals surface area contributed by atoms with Gasteiger partial charge in [0.1, 0.15) is 0 Å². The Hall–Kier alpha value is -2.60. The lowest BCUT2D eigenvalue weighted by atomic mass is 9.71. The van der Waals surface area contributed by atoms with Crippen LogP contribution in [0.25, 0.3) is 0 Å². The highest BCUT2D eigenvalue weighted by Gasteiger charge is 2.28. The summed E-state index contributed by atoms with van der Waals surface area (Å²) >= 11 is 0. The summed E-state index contributed by atoms with van der Waals surface area (Å²) in [5.74, 6) is 0. The van der Waals surface area contributed by atoms with Gasteiger partial charge in [-0.3, -0.25) is 0 Å². The summed E-state index contributed by atoms with van der Waals surface area (Å²) in [6.45, 7) is 23.0. The van der Waals surface area contributed by atoms with E-state index in [1.54, 1.807) is 16.7 Å². The maximum atomic E-state index is 2.42. The fraction of sp³-hybridized carbons (Fsp3) is 0.500. The van der Waals surface area contributed by atoms with Crippen molar-refractivity contribution in [3.05, 3.63) is 117 Å². The van der Waals surface area contributed by atoms with Gasteiger partial charge in [-0.1, -0.05) is 140 Å². The van der Waals surface area contributed by atoms with Gasteiger partial charge in [-0.15, -0.1) is 0 Å². The number of hydrogen-bond donors (Lipinski definition) is 0. The standard InChI is InChI=1S/C40H58/c1-31(19-13-21-33(3)25-27-37-35(5)23-15-29-39(37,7)8)17-11-12-18-32(2)20-14-22-34(4)26-28-38-36(6)24-16-30-40(38,9)10/h11-14,17-22,25,27H,15-16,23-24,26,28-30H2,1-10H3/b12-11+,19-13+,20-14+,27-25+,31-17+,32-18+,33-21+,34-22-. The topological polar surface area (TPSA) is 0 Å². The smallest absolute Gasteiger partial charge is 0.0104 e. The third-order valence-electron chi connectivity index (χ3n) is 8.80. The van der Waals surface area contributed by atoms with Crippen LogP contribution in [0.15, 0.2) is 117 Å². The van der Waals surface area contributed by atoms with Crippen LogP contribution in [0.3, 0.4) is 0 Å². The minimum atomic E-state index is 0.294. The molecule has 0 spiro atoms.